The Labute approximate surface area is 76.8 Å². The van der Waals surface area contributed by atoms with Crippen LogP contribution in [0.3, 0.4) is 0 Å². The summed E-state index contributed by atoms with van der Waals surface area (Å²) in [6.45, 7) is 1.66. The van der Waals surface area contributed by atoms with Crippen molar-refractivity contribution in [1.29, 1.82) is 0 Å². The third-order valence-electron chi connectivity index (χ3n) is 0.701. The summed E-state index contributed by atoms with van der Waals surface area (Å²) in [6, 6.07) is 0. The molecule has 1 atom stereocenters. The van der Waals surface area contributed by atoms with Crippen molar-refractivity contribution in [3.05, 3.63) is 0 Å². The van der Waals surface area contributed by atoms with E-state index >= 15 is 0 Å². The second-order valence-corrected chi connectivity index (χ2v) is 2.39. The first-order chi connectivity index (χ1) is 3.18. The molecule has 1 unspecified atom stereocenters. The van der Waals surface area contributed by atoms with Gasteiger partial charge in [0.25, 0.3) is 0 Å². The Kier molecular flexibility index (Phi) is 8.62. The fourth-order valence-electron chi connectivity index (χ4n) is 0.101. The first-order valence-corrected chi connectivity index (χ1v) is 3.23. The standard InChI is InChI=1S/C4H8O2S.Na.H/c1-3(7-2)4(5)6;;/h3H,1-2H3,(H,5,6);;/q;+1;-1. The van der Waals surface area contributed by atoms with Crippen molar-refractivity contribution in [3.63, 3.8) is 0 Å². The molecule has 0 aliphatic carbocycles. The Bertz CT molecular complexity index is 81.0. The normalized spacial score (nSPS) is 11.8. The van der Waals surface area contributed by atoms with Crippen molar-refractivity contribution in [2.24, 2.45) is 0 Å². The molecule has 2 nitrogen and oxygen atoms in total. The number of rotatable bonds is 2. The number of thioether (sulfide) groups is 1. The van der Waals surface area contributed by atoms with Gasteiger partial charge in [-0.1, -0.05) is 0 Å². The van der Waals surface area contributed by atoms with Crippen LogP contribution in [0.4, 0.5) is 0 Å². The Morgan fingerprint density at radius 3 is 2.25 bits per heavy atom. The summed E-state index contributed by atoms with van der Waals surface area (Å²) in [6.07, 6.45) is 1.78. The van der Waals surface area contributed by atoms with E-state index in [1.54, 1.807) is 13.2 Å². The first kappa shape index (κ1) is 11.6. The van der Waals surface area contributed by atoms with Gasteiger partial charge >= 0.3 is 35.5 Å². The van der Waals surface area contributed by atoms with Crippen LogP contribution in [0.15, 0.2) is 0 Å². The summed E-state index contributed by atoms with van der Waals surface area (Å²) in [5.41, 5.74) is 0. The van der Waals surface area contributed by atoms with E-state index in [-0.39, 0.29) is 36.2 Å². The summed E-state index contributed by atoms with van der Waals surface area (Å²) >= 11 is 1.33. The first-order valence-electron chi connectivity index (χ1n) is 1.94. The summed E-state index contributed by atoms with van der Waals surface area (Å²) < 4.78 is 0. The molecule has 0 saturated carbocycles. The van der Waals surface area contributed by atoms with E-state index in [2.05, 4.69) is 0 Å². The van der Waals surface area contributed by atoms with E-state index in [1.165, 1.54) is 11.8 Å². The summed E-state index contributed by atoms with van der Waals surface area (Å²) in [4.78, 5) is 9.91. The van der Waals surface area contributed by atoms with Crippen LogP contribution in [0.2, 0.25) is 0 Å². The van der Waals surface area contributed by atoms with Crippen LogP contribution in [0.5, 0.6) is 0 Å². The quantitative estimate of drug-likeness (QED) is 0.453. The fourth-order valence-corrected chi connectivity index (χ4v) is 0.302. The number of carbonyl (C=O) groups is 1. The van der Waals surface area contributed by atoms with E-state index in [0.29, 0.717) is 0 Å². The van der Waals surface area contributed by atoms with Gasteiger partial charge in [-0.3, -0.25) is 4.79 Å². The van der Waals surface area contributed by atoms with Crippen molar-refractivity contribution in [1.82, 2.24) is 0 Å². The molecule has 0 bridgehead atoms. The van der Waals surface area contributed by atoms with Gasteiger partial charge in [0.05, 0.1) is 5.25 Å². The van der Waals surface area contributed by atoms with Gasteiger partial charge in [-0.2, -0.15) is 11.8 Å². The molecule has 4 heteroatoms. The fraction of sp³-hybridized carbons (Fsp3) is 0.750. The monoisotopic (exact) mass is 144 g/mol. The van der Waals surface area contributed by atoms with Crippen molar-refractivity contribution in [2.75, 3.05) is 6.26 Å². The molecule has 0 radical (unpaired) electrons. The maximum atomic E-state index is 9.91. The van der Waals surface area contributed by atoms with Gasteiger partial charge in [-0.05, 0) is 13.2 Å². The molecule has 0 saturated heterocycles. The SMILES string of the molecule is CSC(C)C(=O)O.[H-].[Na+]. The third-order valence-corrected chi connectivity index (χ3v) is 1.61. The molecule has 0 spiro atoms. The minimum Gasteiger partial charge on any atom is -1.00 e. The van der Waals surface area contributed by atoms with Gasteiger partial charge in [-0.15, -0.1) is 0 Å². The van der Waals surface area contributed by atoms with Crippen LogP contribution in [-0.4, -0.2) is 22.6 Å². The van der Waals surface area contributed by atoms with Gasteiger partial charge in [0.2, 0.25) is 0 Å². The topological polar surface area (TPSA) is 37.3 Å². The Hall–Kier alpha value is 0.820. The van der Waals surface area contributed by atoms with Crippen LogP contribution in [0, 0.1) is 0 Å². The predicted molar refractivity (Wildman–Crippen MR) is 31.7 cm³/mol. The minimum atomic E-state index is -0.743. The van der Waals surface area contributed by atoms with Crippen LogP contribution >= 0.6 is 11.8 Å². The zero-order valence-corrected chi connectivity index (χ0v) is 8.16. The predicted octanol–water partition coefficient (Wildman–Crippen LogP) is -2.06. The molecule has 0 fully saturated rings. The van der Waals surface area contributed by atoms with Crippen LogP contribution in [0.25, 0.3) is 0 Å². The molecule has 0 rings (SSSR count). The average molecular weight is 144 g/mol. The summed E-state index contributed by atoms with van der Waals surface area (Å²) in [5, 5.41) is 7.90. The van der Waals surface area contributed by atoms with Gasteiger partial charge in [0.15, 0.2) is 0 Å². The molecule has 0 aromatic heterocycles. The van der Waals surface area contributed by atoms with Crippen molar-refractivity contribution in [3.8, 4) is 0 Å². The molecule has 0 heterocycles. The molecule has 0 aliphatic rings. The molecule has 1 N–H and O–H groups in total. The van der Waals surface area contributed by atoms with E-state index < -0.39 is 5.97 Å². The van der Waals surface area contributed by atoms with Gasteiger partial charge in [-0.25, -0.2) is 0 Å². The van der Waals surface area contributed by atoms with Crippen molar-refractivity contribution in [2.45, 2.75) is 12.2 Å². The molecular weight excluding hydrogens is 135 g/mol. The van der Waals surface area contributed by atoms with Crippen LogP contribution in [-0.2, 0) is 4.79 Å². The van der Waals surface area contributed by atoms with Crippen molar-refractivity contribution >= 4 is 17.7 Å². The summed E-state index contributed by atoms with van der Waals surface area (Å²) in [7, 11) is 0. The van der Waals surface area contributed by atoms with Crippen LogP contribution in [0.1, 0.15) is 8.35 Å². The molecule has 0 amide bonds. The minimum absolute atomic E-state index is 0. The van der Waals surface area contributed by atoms with E-state index in [4.69, 9.17) is 5.11 Å². The molecular formula is C4H9NaO2S. The number of carboxylic acid groups (broad SMARTS) is 1. The van der Waals surface area contributed by atoms with Crippen LogP contribution < -0.4 is 29.6 Å². The van der Waals surface area contributed by atoms with Crippen molar-refractivity contribution < 1.29 is 40.9 Å². The second-order valence-electron chi connectivity index (χ2n) is 1.22. The maximum absolute atomic E-state index is 9.91. The maximum Gasteiger partial charge on any atom is 1.00 e. The van der Waals surface area contributed by atoms with Gasteiger partial charge in [0, 0.05) is 0 Å². The van der Waals surface area contributed by atoms with E-state index in [9.17, 15) is 4.79 Å². The molecule has 44 valence electrons. The number of carboxylic acids is 1. The molecule has 0 aromatic rings. The smallest absolute Gasteiger partial charge is 1.00 e. The molecule has 0 aliphatic heterocycles. The van der Waals surface area contributed by atoms with E-state index in [1.807, 2.05) is 0 Å². The number of hydrogen-bond acceptors (Lipinski definition) is 2. The summed E-state index contributed by atoms with van der Waals surface area (Å²) in [5.74, 6) is -0.743. The number of aliphatic carboxylic acids is 1. The Morgan fingerprint density at radius 1 is 1.88 bits per heavy atom. The molecule has 0 aromatic carbocycles. The largest absolute Gasteiger partial charge is 1.00 e. The van der Waals surface area contributed by atoms with Gasteiger partial charge < -0.3 is 6.53 Å². The van der Waals surface area contributed by atoms with E-state index in [0.717, 1.165) is 0 Å². The average Bonchev–Trinajstić information content (AvgIpc) is 1.65. The molecule has 8 heavy (non-hydrogen) atoms. The Morgan fingerprint density at radius 2 is 2.25 bits per heavy atom. The zero-order chi connectivity index (χ0) is 5.86. The third kappa shape index (κ3) is 4.97. The zero-order valence-electron chi connectivity index (χ0n) is 6.34. The second kappa shape index (κ2) is 5.95. The Balaban J connectivity index is -0.000000180. The van der Waals surface area contributed by atoms with Gasteiger partial charge in [0.1, 0.15) is 0 Å². The number of hydrogen-bond donors (Lipinski definition) is 1.